The molecule has 7 heteroatoms. The van der Waals surface area contributed by atoms with Crippen LogP contribution in [0.4, 0.5) is 11.5 Å². The molecule has 1 unspecified atom stereocenters. The number of nitrogens with zero attached hydrogens (tertiary/aromatic N) is 3. The standard InChI is InChI=1S/C12H21N5O2/c1-3-16-12(11(17(18)19)9(2)15-16)14-10-6-4-5-7-13-8-10/h10,13-14H,3-8H2,1-2H3. The largest absolute Gasteiger partial charge is 0.361 e. The highest BCUT2D eigenvalue weighted by atomic mass is 16.6. The van der Waals surface area contributed by atoms with Gasteiger partial charge < -0.3 is 10.6 Å². The zero-order valence-corrected chi connectivity index (χ0v) is 11.5. The average molecular weight is 267 g/mol. The summed E-state index contributed by atoms with van der Waals surface area (Å²) in [5, 5.41) is 22.1. The topological polar surface area (TPSA) is 85.0 Å². The van der Waals surface area contributed by atoms with Gasteiger partial charge in [-0.05, 0) is 33.2 Å². The van der Waals surface area contributed by atoms with Crippen molar-refractivity contribution in [2.24, 2.45) is 0 Å². The molecule has 2 rings (SSSR count). The Morgan fingerprint density at radius 1 is 1.58 bits per heavy atom. The lowest BCUT2D eigenvalue weighted by molar-refractivity contribution is -0.384. The number of anilines is 1. The lowest BCUT2D eigenvalue weighted by Crippen LogP contribution is -2.32. The summed E-state index contributed by atoms with van der Waals surface area (Å²) in [6, 6.07) is 0.225. The predicted octanol–water partition coefficient (Wildman–Crippen LogP) is 1.67. The van der Waals surface area contributed by atoms with Crippen LogP contribution < -0.4 is 10.6 Å². The zero-order valence-electron chi connectivity index (χ0n) is 11.5. The van der Waals surface area contributed by atoms with Crippen molar-refractivity contribution in [3.63, 3.8) is 0 Å². The predicted molar refractivity (Wildman–Crippen MR) is 73.4 cm³/mol. The Kier molecular flexibility index (Phi) is 4.36. The Hall–Kier alpha value is -1.63. The molecular weight excluding hydrogens is 246 g/mol. The van der Waals surface area contributed by atoms with E-state index in [1.165, 1.54) is 0 Å². The molecule has 106 valence electrons. The van der Waals surface area contributed by atoms with Crippen LogP contribution in [-0.2, 0) is 6.54 Å². The summed E-state index contributed by atoms with van der Waals surface area (Å²) in [7, 11) is 0. The van der Waals surface area contributed by atoms with Crippen LogP contribution in [0, 0.1) is 17.0 Å². The van der Waals surface area contributed by atoms with Gasteiger partial charge in [0.25, 0.3) is 0 Å². The van der Waals surface area contributed by atoms with Gasteiger partial charge in [0.15, 0.2) is 0 Å². The third-order valence-electron chi connectivity index (χ3n) is 3.47. The number of hydrogen-bond donors (Lipinski definition) is 2. The fourth-order valence-corrected chi connectivity index (χ4v) is 2.50. The molecule has 2 heterocycles. The molecule has 1 aliphatic heterocycles. The van der Waals surface area contributed by atoms with Gasteiger partial charge in [0.1, 0.15) is 5.69 Å². The molecule has 19 heavy (non-hydrogen) atoms. The van der Waals surface area contributed by atoms with Crippen LogP contribution in [0.3, 0.4) is 0 Å². The van der Waals surface area contributed by atoms with Crippen LogP contribution in [-0.4, -0.2) is 33.8 Å². The molecule has 1 aromatic heterocycles. The molecule has 0 saturated carbocycles. The molecular formula is C12H21N5O2. The van der Waals surface area contributed by atoms with E-state index in [1.807, 2.05) is 6.92 Å². The van der Waals surface area contributed by atoms with Crippen LogP contribution in [0.25, 0.3) is 0 Å². The molecule has 1 aromatic rings. The molecule has 0 amide bonds. The van der Waals surface area contributed by atoms with Crippen molar-refractivity contribution in [1.82, 2.24) is 15.1 Å². The van der Waals surface area contributed by atoms with Crippen molar-refractivity contribution in [3.8, 4) is 0 Å². The third kappa shape index (κ3) is 3.04. The van der Waals surface area contributed by atoms with E-state index < -0.39 is 0 Å². The van der Waals surface area contributed by atoms with Crippen molar-refractivity contribution >= 4 is 11.5 Å². The Morgan fingerprint density at radius 3 is 3.05 bits per heavy atom. The van der Waals surface area contributed by atoms with E-state index in [2.05, 4.69) is 15.7 Å². The first-order valence-corrected chi connectivity index (χ1v) is 6.82. The SMILES string of the molecule is CCn1nc(C)c([N+](=O)[O-])c1NC1CCCCNC1. The number of aryl methyl sites for hydroxylation is 2. The molecule has 0 radical (unpaired) electrons. The lowest BCUT2D eigenvalue weighted by Gasteiger charge is -2.17. The molecule has 1 fully saturated rings. The number of nitrogens with one attached hydrogen (secondary N) is 2. The smallest absolute Gasteiger partial charge is 0.333 e. The minimum atomic E-state index is -0.346. The van der Waals surface area contributed by atoms with Gasteiger partial charge in [-0.1, -0.05) is 6.42 Å². The van der Waals surface area contributed by atoms with E-state index in [9.17, 15) is 10.1 Å². The van der Waals surface area contributed by atoms with Crippen molar-refractivity contribution in [3.05, 3.63) is 15.8 Å². The van der Waals surface area contributed by atoms with Gasteiger partial charge in [-0.2, -0.15) is 5.10 Å². The van der Waals surface area contributed by atoms with Crippen LogP contribution in [0.2, 0.25) is 0 Å². The second-order valence-corrected chi connectivity index (χ2v) is 4.90. The first kappa shape index (κ1) is 13.8. The van der Waals surface area contributed by atoms with Crippen molar-refractivity contribution in [1.29, 1.82) is 0 Å². The molecule has 2 N–H and O–H groups in total. The van der Waals surface area contributed by atoms with Gasteiger partial charge in [-0.15, -0.1) is 0 Å². The lowest BCUT2D eigenvalue weighted by atomic mass is 10.1. The molecule has 0 aliphatic carbocycles. The third-order valence-corrected chi connectivity index (χ3v) is 3.47. The number of aromatic nitrogens is 2. The molecule has 7 nitrogen and oxygen atoms in total. The molecule has 0 aromatic carbocycles. The van der Waals surface area contributed by atoms with E-state index in [1.54, 1.807) is 11.6 Å². The van der Waals surface area contributed by atoms with E-state index in [0.29, 0.717) is 18.1 Å². The molecule has 1 aliphatic rings. The Labute approximate surface area is 112 Å². The minimum absolute atomic E-state index is 0.103. The first-order valence-electron chi connectivity index (χ1n) is 6.82. The average Bonchev–Trinajstić information content (AvgIpc) is 2.54. The van der Waals surface area contributed by atoms with E-state index >= 15 is 0 Å². The maximum absolute atomic E-state index is 11.2. The Balaban J connectivity index is 2.24. The van der Waals surface area contributed by atoms with E-state index in [-0.39, 0.29) is 16.7 Å². The second kappa shape index (κ2) is 6.01. The fraction of sp³-hybridized carbons (Fsp3) is 0.750. The van der Waals surface area contributed by atoms with Crippen LogP contribution >= 0.6 is 0 Å². The van der Waals surface area contributed by atoms with Crippen LogP contribution in [0.1, 0.15) is 31.9 Å². The van der Waals surface area contributed by atoms with Gasteiger partial charge in [0, 0.05) is 19.1 Å². The number of nitro groups is 1. The molecule has 1 atom stereocenters. The van der Waals surface area contributed by atoms with Gasteiger partial charge in [-0.3, -0.25) is 10.1 Å². The molecule has 0 bridgehead atoms. The minimum Gasteiger partial charge on any atom is -0.361 e. The highest BCUT2D eigenvalue weighted by molar-refractivity contribution is 5.60. The summed E-state index contributed by atoms with van der Waals surface area (Å²) in [6.07, 6.45) is 3.32. The molecule has 1 saturated heterocycles. The van der Waals surface area contributed by atoms with Crippen molar-refractivity contribution < 1.29 is 4.92 Å². The highest BCUT2D eigenvalue weighted by Gasteiger charge is 2.26. The number of hydrogen-bond acceptors (Lipinski definition) is 5. The monoisotopic (exact) mass is 267 g/mol. The first-order chi connectivity index (χ1) is 9.13. The Bertz CT molecular complexity index is 449. The quantitative estimate of drug-likeness (QED) is 0.640. The fourth-order valence-electron chi connectivity index (χ4n) is 2.50. The van der Waals surface area contributed by atoms with Crippen molar-refractivity contribution in [2.45, 2.75) is 45.7 Å². The van der Waals surface area contributed by atoms with Gasteiger partial charge in [0.05, 0.1) is 4.92 Å². The Morgan fingerprint density at radius 2 is 2.37 bits per heavy atom. The van der Waals surface area contributed by atoms with E-state index in [0.717, 1.165) is 32.4 Å². The summed E-state index contributed by atoms with van der Waals surface area (Å²) in [6.45, 7) is 6.10. The molecule has 0 spiro atoms. The van der Waals surface area contributed by atoms with Gasteiger partial charge in [0.2, 0.25) is 5.82 Å². The second-order valence-electron chi connectivity index (χ2n) is 4.90. The van der Waals surface area contributed by atoms with Gasteiger partial charge in [-0.25, -0.2) is 4.68 Å². The van der Waals surface area contributed by atoms with Gasteiger partial charge >= 0.3 is 5.69 Å². The maximum atomic E-state index is 11.2. The summed E-state index contributed by atoms with van der Waals surface area (Å²) in [5.41, 5.74) is 0.571. The summed E-state index contributed by atoms with van der Waals surface area (Å²) in [4.78, 5) is 10.8. The van der Waals surface area contributed by atoms with Crippen molar-refractivity contribution in [2.75, 3.05) is 18.4 Å². The normalized spacial score (nSPS) is 20.0. The number of rotatable bonds is 4. The highest BCUT2D eigenvalue weighted by Crippen LogP contribution is 2.29. The summed E-state index contributed by atoms with van der Waals surface area (Å²) in [5.74, 6) is 0.540. The zero-order chi connectivity index (χ0) is 13.8. The van der Waals surface area contributed by atoms with Crippen LogP contribution in [0.15, 0.2) is 0 Å². The maximum Gasteiger partial charge on any atom is 0.333 e. The summed E-state index contributed by atoms with van der Waals surface area (Å²) >= 11 is 0. The van der Waals surface area contributed by atoms with E-state index in [4.69, 9.17) is 0 Å². The summed E-state index contributed by atoms with van der Waals surface area (Å²) < 4.78 is 1.68. The van der Waals surface area contributed by atoms with Crippen LogP contribution in [0.5, 0.6) is 0 Å².